The van der Waals surface area contributed by atoms with E-state index in [9.17, 15) is 14.7 Å². The fourth-order valence-corrected chi connectivity index (χ4v) is 4.38. The van der Waals surface area contributed by atoms with Crippen molar-refractivity contribution in [3.05, 3.63) is 46.5 Å². The summed E-state index contributed by atoms with van der Waals surface area (Å²) in [5.74, 6) is 0.622. The zero-order chi connectivity index (χ0) is 24.9. The van der Waals surface area contributed by atoms with Crippen LogP contribution in [0.15, 0.2) is 35.4 Å². The summed E-state index contributed by atoms with van der Waals surface area (Å²) in [4.78, 5) is 30.6. The van der Waals surface area contributed by atoms with E-state index in [-0.39, 0.29) is 36.1 Å². The second kappa shape index (κ2) is 10.9. The highest BCUT2D eigenvalue weighted by Gasteiger charge is 2.23. The standard InChI is InChI=1S/C24H33N7O4/c1-15(14-32)12-26-23(33)18-13-27-31-21(25-2)11-20(29-22(18)31)28-19-5-4-10-30(24(19)34)16-6-8-17(35-3)9-7-16/h4-5,10-11,13,15-17,25,32H,6-9,12,14H2,1-3H3,(H,26,33)(H,28,29)/t15?,16-,17-. The number of aliphatic hydroxyl groups excluding tert-OH is 1. The largest absolute Gasteiger partial charge is 0.396 e. The van der Waals surface area contributed by atoms with Gasteiger partial charge in [0.15, 0.2) is 5.65 Å². The monoisotopic (exact) mass is 483 g/mol. The number of amides is 1. The molecule has 0 aromatic carbocycles. The molecule has 0 saturated heterocycles. The molecule has 0 bridgehead atoms. The predicted octanol–water partition coefficient (Wildman–Crippen LogP) is 2.16. The predicted molar refractivity (Wildman–Crippen MR) is 133 cm³/mol. The maximum absolute atomic E-state index is 13.3. The van der Waals surface area contributed by atoms with Crippen molar-refractivity contribution in [2.75, 3.05) is 37.9 Å². The number of aromatic nitrogens is 4. The van der Waals surface area contributed by atoms with E-state index in [0.29, 0.717) is 35.1 Å². The van der Waals surface area contributed by atoms with Gasteiger partial charge in [-0.15, -0.1) is 0 Å². The highest BCUT2D eigenvalue weighted by atomic mass is 16.5. The normalized spacial score (nSPS) is 18.9. The number of hydrogen-bond donors (Lipinski definition) is 4. The average Bonchev–Trinajstić information content (AvgIpc) is 3.32. The molecule has 0 aliphatic heterocycles. The molecular formula is C24H33N7O4. The Morgan fingerprint density at radius 1 is 1.31 bits per heavy atom. The molecule has 3 heterocycles. The Bertz CT molecular complexity index is 1230. The quantitative estimate of drug-likeness (QED) is 0.364. The maximum Gasteiger partial charge on any atom is 0.274 e. The van der Waals surface area contributed by atoms with Crippen LogP contribution in [0, 0.1) is 5.92 Å². The molecule has 11 heteroatoms. The Morgan fingerprint density at radius 2 is 2.09 bits per heavy atom. The van der Waals surface area contributed by atoms with Crippen LogP contribution in [-0.4, -0.2) is 63.6 Å². The third-order valence-corrected chi connectivity index (χ3v) is 6.50. The molecule has 1 aliphatic rings. The van der Waals surface area contributed by atoms with E-state index in [0.717, 1.165) is 25.7 Å². The number of nitrogens with one attached hydrogen (secondary N) is 3. The minimum absolute atomic E-state index is 0.0202. The highest BCUT2D eigenvalue weighted by molar-refractivity contribution is 6.00. The van der Waals surface area contributed by atoms with Gasteiger partial charge in [-0.1, -0.05) is 6.92 Å². The number of nitrogens with zero attached hydrogens (tertiary/aromatic N) is 4. The number of carbonyl (C=O) groups is 1. The maximum atomic E-state index is 13.3. The SMILES string of the molecule is CNc1cc(Nc2cccn([C@H]3CC[C@H](OC)CC3)c2=O)nc2c(C(=O)NCC(C)CO)cnn12. The molecule has 3 aromatic rings. The van der Waals surface area contributed by atoms with Crippen LogP contribution in [0.1, 0.15) is 49.0 Å². The van der Waals surface area contributed by atoms with Crippen molar-refractivity contribution in [2.24, 2.45) is 5.92 Å². The Hall–Kier alpha value is -3.44. The minimum atomic E-state index is -0.333. The summed E-state index contributed by atoms with van der Waals surface area (Å²) >= 11 is 0. The van der Waals surface area contributed by atoms with Gasteiger partial charge in [-0.2, -0.15) is 9.61 Å². The summed E-state index contributed by atoms with van der Waals surface area (Å²) in [6, 6.07) is 5.44. The molecule has 1 unspecified atom stereocenters. The van der Waals surface area contributed by atoms with Crippen molar-refractivity contribution in [2.45, 2.75) is 44.8 Å². The summed E-state index contributed by atoms with van der Waals surface area (Å²) in [5.41, 5.74) is 0.936. The first-order valence-electron chi connectivity index (χ1n) is 11.9. The van der Waals surface area contributed by atoms with Gasteiger partial charge >= 0.3 is 0 Å². The molecule has 11 nitrogen and oxygen atoms in total. The van der Waals surface area contributed by atoms with Crippen LogP contribution in [0.3, 0.4) is 0 Å². The van der Waals surface area contributed by atoms with Gasteiger partial charge in [0.2, 0.25) is 0 Å². The Balaban J connectivity index is 1.61. The molecule has 0 radical (unpaired) electrons. The van der Waals surface area contributed by atoms with Crippen LogP contribution in [0.4, 0.5) is 17.3 Å². The van der Waals surface area contributed by atoms with Gasteiger partial charge in [0.1, 0.15) is 22.9 Å². The van der Waals surface area contributed by atoms with Gasteiger partial charge < -0.3 is 30.4 Å². The van der Waals surface area contributed by atoms with E-state index in [2.05, 4.69) is 26.0 Å². The number of anilines is 3. The summed E-state index contributed by atoms with van der Waals surface area (Å²) in [7, 11) is 3.48. The second-order valence-electron chi connectivity index (χ2n) is 8.99. The number of fused-ring (bicyclic) bond motifs is 1. The Morgan fingerprint density at radius 3 is 2.77 bits per heavy atom. The lowest BCUT2D eigenvalue weighted by atomic mass is 9.92. The highest BCUT2D eigenvalue weighted by Crippen LogP contribution is 2.29. The van der Waals surface area contributed by atoms with Gasteiger partial charge in [-0.3, -0.25) is 9.59 Å². The van der Waals surface area contributed by atoms with E-state index in [1.807, 2.05) is 19.2 Å². The lowest BCUT2D eigenvalue weighted by molar-refractivity contribution is 0.0580. The van der Waals surface area contributed by atoms with E-state index >= 15 is 0 Å². The number of methoxy groups -OCH3 is 1. The van der Waals surface area contributed by atoms with Gasteiger partial charge in [0.25, 0.3) is 11.5 Å². The smallest absolute Gasteiger partial charge is 0.274 e. The molecule has 35 heavy (non-hydrogen) atoms. The van der Waals surface area contributed by atoms with Crippen molar-refractivity contribution in [3.63, 3.8) is 0 Å². The van der Waals surface area contributed by atoms with Crippen molar-refractivity contribution in [1.29, 1.82) is 0 Å². The second-order valence-corrected chi connectivity index (χ2v) is 8.99. The molecule has 188 valence electrons. The summed E-state index contributed by atoms with van der Waals surface area (Å²) in [5, 5.41) is 22.5. The molecule has 1 fully saturated rings. The van der Waals surface area contributed by atoms with Crippen LogP contribution < -0.4 is 21.5 Å². The van der Waals surface area contributed by atoms with Crippen LogP contribution in [0.2, 0.25) is 0 Å². The number of ether oxygens (including phenoxy) is 1. The average molecular weight is 484 g/mol. The van der Waals surface area contributed by atoms with Crippen LogP contribution in [-0.2, 0) is 4.74 Å². The first-order chi connectivity index (χ1) is 16.9. The fraction of sp³-hybridized carbons (Fsp3) is 0.500. The van der Waals surface area contributed by atoms with Crippen LogP contribution in [0.5, 0.6) is 0 Å². The van der Waals surface area contributed by atoms with E-state index in [1.54, 1.807) is 30.9 Å². The molecule has 1 aliphatic carbocycles. The van der Waals surface area contributed by atoms with Gasteiger partial charge in [0, 0.05) is 45.6 Å². The summed E-state index contributed by atoms with van der Waals surface area (Å²) in [6.45, 7) is 2.15. The lowest BCUT2D eigenvalue weighted by Gasteiger charge is -2.29. The molecule has 1 atom stereocenters. The number of hydrogen-bond acceptors (Lipinski definition) is 8. The van der Waals surface area contributed by atoms with Gasteiger partial charge in [-0.25, -0.2) is 4.98 Å². The molecule has 0 spiro atoms. The Labute approximate surface area is 203 Å². The fourth-order valence-electron chi connectivity index (χ4n) is 4.38. The van der Waals surface area contributed by atoms with E-state index in [4.69, 9.17) is 4.74 Å². The van der Waals surface area contributed by atoms with E-state index < -0.39 is 0 Å². The minimum Gasteiger partial charge on any atom is -0.396 e. The molecule has 4 N–H and O–H groups in total. The molecule has 3 aromatic heterocycles. The molecule has 4 rings (SSSR count). The molecule has 1 amide bonds. The number of rotatable bonds is 9. The third kappa shape index (κ3) is 5.30. The lowest BCUT2D eigenvalue weighted by Crippen LogP contribution is -2.30. The third-order valence-electron chi connectivity index (χ3n) is 6.50. The summed E-state index contributed by atoms with van der Waals surface area (Å²) < 4.78 is 8.78. The van der Waals surface area contributed by atoms with Crippen molar-refractivity contribution in [3.8, 4) is 0 Å². The van der Waals surface area contributed by atoms with Crippen molar-refractivity contribution >= 4 is 28.9 Å². The zero-order valence-electron chi connectivity index (χ0n) is 20.3. The van der Waals surface area contributed by atoms with Gasteiger partial charge in [0.05, 0.1) is 12.3 Å². The van der Waals surface area contributed by atoms with Crippen molar-refractivity contribution in [1.82, 2.24) is 24.5 Å². The number of pyridine rings is 1. The van der Waals surface area contributed by atoms with Crippen LogP contribution >= 0.6 is 0 Å². The zero-order valence-corrected chi connectivity index (χ0v) is 20.3. The Kier molecular flexibility index (Phi) is 7.67. The van der Waals surface area contributed by atoms with E-state index in [1.165, 1.54) is 10.7 Å². The number of aliphatic hydroxyl groups is 1. The summed E-state index contributed by atoms with van der Waals surface area (Å²) in [6.07, 6.45) is 7.17. The molecule has 1 saturated carbocycles. The van der Waals surface area contributed by atoms with Gasteiger partial charge in [-0.05, 0) is 43.7 Å². The topological polar surface area (TPSA) is 135 Å². The molecular weight excluding hydrogens is 450 g/mol. The first kappa shape index (κ1) is 24.7. The first-order valence-corrected chi connectivity index (χ1v) is 11.9. The number of carbonyl (C=O) groups excluding carboxylic acids is 1. The van der Waals surface area contributed by atoms with Crippen molar-refractivity contribution < 1.29 is 14.6 Å². The van der Waals surface area contributed by atoms with Crippen LogP contribution in [0.25, 0.3) is 5.65 Å².